The first-order valence-electron chi connectivity index (χ1n) is 16.5. The fourth-order valence-corrected chi connectivity index (χ4v) is 12.7. The van der Waals surface area contributed by atoms with Gasteiger partial charge in [-0.05, 0) is 131 Å². The van der Waals surface area contributed by atoms with Crippen molar-refractivity contribution in [2.24, 2.45) is 50.7 Å². The molecule has 3 N–H and O–H groups in total. The summed E-state index contributed by atoms with van der Waals surface area (Å²) in [6.07, 6.45) is 11.1. The van der Waals surface area contributed by atoms with Crippen LogP contribution in [0.2, 0.25) is 0 Å². The van der Waals surface area contributed by atoms with Crippen LogP contribution in [0.3, 0.4) is 0 Å². The Bertz CT molecular complexity index is 1030. The molecule has 0 radical (unpaired) electrons. The number of rotatable bonds is 5. The Morgan fingerprint density at radius 2 is 1.70 bits per heavy atom. The fraction of sp³-hybridized carbons (Fsp3) is 0.943. The highest BCUT2D eigenvalue weighted by atomic mass is 16.5. The number of aliphatic hydroxyl groups is 3. The Morgan fingerprint density at radius 3 is 2.35 bits per heavy atom. The van der Waals surface area contributed by atoms with E-state index < -0.39 is 17.8 Å². The lowest BCUT2D eigenvalue weighted by Crippen LogP contribution is -2.66. The van der Waals surface area contributed by atoms with Crippen LogP contribution in [0.5, 0.6) is 0 Å². The van der Waals surface area contributed by atoms with Gasteiger partial charge in [-0.1, -0.05) is 39.3 Å². The molecule has 6 aliphatic rings. The zero-order valence-electron chi connectivity index (χ0n) is 26.6. The van der Waals surface area contributed by atoms with Gasteiger partial charge in [0.25, 0.3) is 0 Å². The Morgan fingerprint density at radius 1 is 0.975 bits per heavy atom. The Kier molecular flexibility index (Phi) is 6.86. The lowest BCUT2D eigenvalue weighted by molar-refractivity contribution is -0.247. The standard InChI is InChI=1S/C35H58O5/c1-21(2)12-16-39-28-11-13-32(7)25-10-14-34-20-35(34,33(25,8)27(37)18-26(32)30(28,3)4)15-9-23(34)22-17-24(36)29(40-19-22)31(5,6)38/h12,22-29,36-38H,9-11,13-20H2,1-8H3/t22-,23+,24-,25-,26+,27-,28-,29-,32-,33+,34-,35-/m1/s1. The number of hydrogen-bond acceptors (Lipinski definition) is 5. The van der Waals surface area contributed by atoms with Gasteiger partial charge in [0.1, 0.15) is 6.10 Å². The van der Waals surface area contributed by atoms with Crippen LogP contribution in [0, 0.1) is 50.7 Å². The van der Waals surface area contributed by atoms with Gasteiger partial charge in [0.15, 0.2) is 0 Å². The van der Waals surface area contributed by atoms with Crippen molar-refractivity contribution in [1.82, 2.24) is 0 Å². The second-order valence-corrected chi connectivity index (χ2v) is 17.2. The topological polar surface area (TPSA) is 79.2 Å². The van der Waals surface area contributed by atoms with E-state index in [4.69, 9.17) is 9.47 Å². The van der Waals surface area contributed by atoms with E-state index in [1.807, 2.05) is 0 Å². The minimum Gasteiger partial charge on any atom is -0.393 e. The highest BCUT2D eigenvalue weighted by Gasteiger charge is 2.85. The largest absolute Gasteiger partial charge is 0.393 e. The third-order valence-corrected chi connectivity index (χ3v) is 14.5. The molecule has 5 saturated carbocycles. The number of allylic oxidation sites excluding steroid dienone is 1. The van der Waals surface area contributed by atoms with Crippen LogP contribution in [0.25, 0.3) is 0 Å². The summed E-state index contributed by atoms with van der Waals surface area (Å²) in [4.78, 5) is 0. The van der Waals surface area contributed by atoms with Crippen molar-refractivity contribution in [3.8, 4) is 0 Å². The van der Waals surface area contributed by atoms with E-state index >= 15 is 0 Å². The molecule has 6 fully saturated rings. The maximum absolute atomic E-state index is 12.2. The smallest absolute Gasteiger partial charge is 0.111 e. The SMILES string of the molecule is CC(C)=CCO[C@@H]1CC[C@]2(C)[C@H]3CC[C@]45C[C@]4(CC[C@H]5[C@H]4CO[C@@H](C(C)(C)O)[C@H](O)C4)[C@]3(C)[C@H](O)C[C@H]2C1(C)C. The van der Waals surface area contributed by atoms with Gasteiger partial charge in [0, 0.05) is 5.41 Å². The summed E-state index contributed by atoms with van der Waals surface area (Å²) < 4.78 is 12.7. The van der Waals surface area contributed by atoms with E-state index in [1.54, 1.807) is 13.8 Å². The minimum absolute atomic E-state index is 0.0331. The quantitative estimate of drug-likeness (QED) is 0.346. The van der Waals surface area contributed by atoms with Crippen molar-refractivity contribution in [3.05, 3.63) is 11.6 Å². The van der Waals surface area contributed by atoms with Crippen molar-refractivity contribution >= 4 is 0 Å². The molecule has 0 bridgehead atoms. The second kappa shape index (κ2) is 9.27. The monoisotopic (exact) mass is 558 g/mol. The molecule has 1 heterocycles. The third-order valence-electron chi connectivity index (χ3n) is 14.5. The molecule has 0 aromatic carbocycles. The van der Waals surface area contributed by atoms with Crippen molar-refractivity contribution in [2.45, 2.75) is 143 Å². The zero-order valence-corrected chi connectivity index (χ0v) is 26.6. The van der Waals surface area contributed by atoms with E-state index in [-0.39, 0.29) is 39.3 Å². The third kappa shape index (κ3) is 3.82. The molecular weight excluding hydrogens is 500 g/mol. The van der Waals surface area contributed by atoms with Crippen molar-refractivity contribution in [3.63, 3.8) is 0 Å². The van der Waals surface area contributed by atoms with Crippen molar-refractivity contribution in [1.29, 1.82) is 0 Å². The van der Waals surface area contributed by atoms with Crippen LogP contribution in [0.4, 0.5) is 0 Å². The molecule has 1 aliphatic heterocycles. The molecule has 228 valence electrons. The Balaban J connectivity index is 1.24. The van der Waals surface area contributed by atoms with Gasteiger partial charge in [-0.2, -0.15) is 0 Å². The molecule has 0 unspecified atom stereocenters. The van der Waals surface area contributed by atoms with Crippen molar-refractivity contribution in [2.75, 3.05) is 13.2 Å². The lowest BCUT2D eigenvalue weighted by atomic mass is 9.37. The van der Waals surface area contributed by atoms with Crippen LogP contribution in [-0.2, 0) is 9.47 Å². The maximum Gasteiger partial charge on any atom is 0.111 e. The normalized spacial score (nSPS) is 53.1. The van der Waals surface area contributed by atoms with Gasteiger partial charge in [0.2, 0.25) is 0 Å². The van der Waals surface area contributed by atoms with E-state index in [2.05, 4.69) is 47.6 Å². The molecule has 1 saturated heterocycles. The highest BCUT2D eigenvalue weighted by Crippen LogP contribution is 2.90. The van der Waals surface area contributed by atoms with Crippen LogP contribution in [-0.4, -0.2) is 58.6 Å². The van der Waals surface area contributed by atoms with Gasteiger partial charge in [-0.3, -0.25) is 0 Å². The average molecular weight is 559 g/mol. The summed E-state index contributed by atoms with van der Waals surface area (Å²) in [7, 11) is 0. The molecule has 5 aliphatic carbocycles. The first-order chi connectivity index (χ1) is 18.5. The van der Waals surface area contributed by atoms with E-state index in [1.165, 1.54) is 44.1 Å². The van der Waals surface area contributed by atoms with Gasteiger partial charge in [-0.15, -0.1) is 0 Å². The Labute approximate surface area is 243 Å². The number of ether oxygens (including phenoxy) is 2. The summed E-state index contributed by atoms with van der Waals surface area (Å²) in [5.74, 6) is 1.89. The van der Waals surface area contributed by atoms with Gasteiger partial charge in [-0.25, -0.2) is 0 Å². The molecule has 5 nitrogen and oxygen atoms in total. The molecular formula is C35H58O5. The van der Waals surface area contributed by atoms with E-state index in [9.17, 15) is 15.3 Å². The fourth-order valence-electron chi connectivity index (χ4n) is 12.7. The number of hydrogen-bond donors (Lipinski definition) is 3. The molecule has 6 rings (SSSR count). The zero-order chi connectivity index (χ0) is 29.1. The summed E-state index contributed by atoms with van der Waals surface area (Å²) >= 11 is 0. The van der Waals surface area contributed by atoms with Gasteiger partial charge in [0.05, 0.1) is 37.1 Å². The van der Waals surface area contributed by atoms with Gasteiger partial charge >= 0.3 is 0 Å². The van der Waals surface area contributed by atoms with E-state index in [0.29, 0.717) is 36.9 Å². The molecule has 40 heavy (non-hydrogen) atoms. The van der Waals surface area contributed by atoms with E-state index in [0.717, 1.165) is 19.3 Å². The number of fused-ring (bicyclic) bond motifs is 3. The summed E-state index contributed by atoms with van der Waals surface area (Å²) in [6, 6.07) is 0. The molecule has 0 aromatic heterocycles. The lowest BCUT2D eigenvalue weighted by Gasteiger charge is -2.68. The van der Waals surface area contributed by atoms with Crippen LogP contribution in [0.15, 0.2) is 11.6 Å². The molecule has 0 aromatic rings. The highest BCUT2D eigenvalue weighted by molar-refractivity contribution is 5.33. The Hall–Kier alpha value is -0.460. The molecule has 5 heteroatoms. The van der Waals surface area contributed by atoms with Gasteiger partial charge < -0.3 is 24.8 Å². The van der Waals surface area contributed by atoms with Crippen LogP contribution < -0.4 is 0 Å². The minimum atomic E-state index is -1.03. The predicted molar refractivity (Wildman–Crippen MR) is 158 cm³/mol. The molecule has 0 spiro atoms. The molecule has 12 atom stereocenters. The second-order valence-electron chi connectivity index (χ2n) is 17.2. The maximum atomic E-state index is 12.2. The average Bonchev–Trinajstić information content (AvgIpc) is 3.42. The summed E-state index contributed by atoms with van der Waals surface area (Å²) in [6.45, 7) is 19.0. The summed E-state index contributed by atoms with van der Waals surface area (Å²) in [5.41, 5.74) is 0.983. The predicted octanol–water partition coefficient (Wildman–Crippen LogP) is 6.28. The molecule has 0 amide bonds. The van der Waals surface area contributed by atoms with Crippen molar-refractivity contribution < 1.29 is 24.8 Å². The van der Waals surface area contributed by atoms with Crippen LogP contribution >= 0.6 is 0 Å². The first kappa shape index (κ1) is 29.6. The number of aliphatic hydroxyl groups excluding tert-OH is 2. The van der Waals surface area contributed by atoms with Crippen LogP contribution in [0.1, 0.15) is 113 Å². The summed E-state index contributed by atoms with van der Waals surface area (Å²) in [5, 5.41) is 33.7. The first-order valence-corrected chi connectivity index (χ1v) is 16.5.